The highest BCUT2D eigenvalue weighted by molar-refractivity contribution is 5.45. The normalized spacial score (nSPS) is 26.5. The molecule has 0 bridgehead atoms. The molecule has 1 saturated heterocycles. The van der Waals surface area contributed by atoms with Gasteiger partial charge >= 0.3 is 0 Å². The topological polar surface area (TPSA) is 38.0 Å². The number of rotatable bonds is 1. The fourth-order valence-corrected chi connectivity index (χ4v) is 2.30. The van der Waals surface area contributed by atoms with Crippen molar-refractivity contribution in [2.45, 2.75) is 32.7 Å². The van der Waals surface area contributed by atoms with Crippen molar-refractivity contribution < 1.29 is 0 Å². The highest BCUT2D eigenvalue weighted by Crippen LogP contribution is 2.28. The smallest absolute Gasteiger partial charge is 0.0323 e. The third-order valence-corrected chi connectivity index (χ3v) is 3.34. The van der Waals surface area contributed by atoms with Crippen LogP contribution < -0.4 is 11.1 Å². The minimum absolute atomic E-state index is 0.504. The van der Waals surface area contributed by atoms with Gasteiger partial charge in [-0.25, -0.2) is 0 Å². The Kier molecular flexibility index (Phi) is 2.96. The van der Waals surface area contributed by atoms with Crippen molar-refractivity contribution >= 4 is 5.69 Å². The summed E-state index contributed by atoms with van der Waals surface area (Å²) in [5, 5.41) is 3.60. The van der Waals surface area contributed by atoms with E-state index in [2.05, 4.69) is 31.3 Å². The maximum atomic E-state index is 5.83. The van der Waals surface area contributed by atoms with Crippen LogP contribution >= 0.6 is 0 Å². The van der Waals surface area contributed by atoms with Gasteiger partial charge in [-0.1, -0.05) is 13.0 Å². The molecule has 3 N–H and O–H groups in total. The molecule has 2 unspecified atom stereocenters. The molecule has 0 radical (unpaired) electrons. The van der Waals surface area contributed by atoms with Crippen molar-refractivity contribution in [2.75, 3.05) is 12.3 Å². The fourth-order valence-electron chi connectivity index (χ4n) is 2.30. The lowest BCUT2D eigenvalue weighted by atomic mass is 9.90. The van der Waals surface area contributed by atoms with E-state index in [-0.39, 0.29) is 0 Å². The molecule has 2 rings (SSSR count). The molecule has 15 heavy (non-hydrogen) atoms. The molecular weight excluding hydrogens is 184 g/mol. The largest absolute Gasteiger partial charge is 0.399 e. The van der Waals surface area contributed by atoms with E-state index in [1.165, 1.54) is 24.0 Å². The standard InChI is InChI=1S/C13H20N2/c1-9-3-6-13(15-8-9)12-7-11(14)5-4-10(12)2/h4-5,7,9,13,15H,3,6,8,14H2,1-2H3. The maximum Gasteiger partial charge on any atom is 0.0323 e. The van der Waals surface area contributed by atoms with E-state index in [4.69, 9.17) is 5.73 Å². The number of hydrogen-bond acceptors (Lipinski definition) is 2. The summed E-state index contributed by atoms with van der Waals surface area (Å²) in [4.78, 5) is 0. The molecule has 0 saturated carbocycles. The number of benzene rings is 1. The van der Waals surface area contributed by atoms with Gasteiger partial charge in [0.25, 0.3) is 0 Å². The molecule has 0 amide bonds. The Bertz CT molecular complexity index is 338. The first-order chi connectivity index (χ1) is 7.16. The maximum absolute atomic E-state index is 5.83. The van der Waals surface area contributed by atoms with Gasteiger partial charge in [-0.3, -0.25) is 0 Å². The Morgan fingerprint density at radius 2 is 2.13 bits per heavy atom. The summed E-state index contributed by atoms with van der Waals surface area (Å²) in [5.41, 5.74) is 9.43. The molecule has 1 aliphatic heterocycles. The van der Waals surface area contributed by atoms with Crippen molar-refractivity contribution in [3.8, 4) is 0 Å². The van der Waals surface area contributed by atoms with Gasteiger partial charge in [-0.15, -0.1) is 0 Å². The van der Waals surface area contributed by atoms with Crippen LogP contribution in [0.25, 0.3) is 0 Å². The second kappa shape index (κ2) is 4.23. The summed E-state index contributed by atoms with van der Waals surface area (Å²) < 4.78 is 0. The number of piperidine rings is 1. The van der Waals surface area contributed by atoms with E-state index >= 15 is 0 Å². The summed E-state index contributed by atoms with van der Waals surface area (Å²) in [5.74, 6) is 0.808. The van der Waals surface area contributed by atoms with Crippen LogP contribution in [0.15, 0.2) is 18.2 Å². The average molecular weight is 204 g/mol. The quantitative estimate of drug-likeness (QED) is 0.690. The van der Waals surface area contributed by atoms with E-state index in [1.54, 1.807) is 0 Å². The second-order valence-electron chi connectivity index (χ2n) is 4.76. The van der Waals surface area contributed by atoms with Crippen LogP contribution in [0.3, 0.4) is 0 Å². The summed E-state index contributed by atoms with van der Waals surface area (Å²) in [6, 6.07) is 6.71. The fraction of sp³-hybridized carbons (Fsp3) is 0.538. The minimum atomic E-state index is 0.504. The van der Waals surface area contributed by atoms with Crippen molar-refractivity contribution in [1.29, 1.82) is 0 Å². The molecule has 1 aromatic carbocycles. The predicted molar refractivity (Wildman–Crippen MR) is 64.7 cm³/mol. The molecule has 2 atom stereocenters. The zero-order chi connectivity index (χ0) is 10.8. The van der Waals surface area contributed by atoms with E-state index in [1.807, 2.05) is 6.07 Å². The average Bonchev–Trinajstić information content (AvgIpc) is 2.23. The summed E-state index contributed by atoms with van der Waals surface area (Å²) in [7, 11) is 0. The van der Waals surface area contributed by atoms with Crippen molar-refractivity contribution in [3.05, 3.63) is 29.3 Å². The first-order valence-corrected chi connectivity index (χ1v) is 5.76. The molecule has 1 aromatic rings. The van der Waals surface area contributed by atoms with Gasteiger partial charge in [0.15, 0.2) is 0 Å². The van der Waals surface area contributed by atoms with Crippen molar-refractivity contribution in [2.24, 2.45) is 5.92 Å². The molecule has 1 heterocycles. The van der Waals surface area contributed by atoms with Crippen molar-refractivity contribution in [1.82, 2.24) is 5.32 Å². The van der Waals surface area contributed by atoms with Crippen LogP contribution in [-0.2, 0) is 0 Å². The third-order valence-electron chi connectivity index (χ3n) is 3.34. The molecule has 2 heteroatoms. The van der Waals surface area contributed by atoms with E-state index in [9.17, 15) is 0 Å². The van der Waals surface area contributed by atoms with E-state index in [0.717, 1.165) is 18.2 Å². The van der Waals surface area contributed by atoms with E-state index in [0.29, 0.717) is 6.04 Å². The number of nitrogen functional groups attached to an aromatic ring is 1. The van der Waals surface area contributed by atoms with E-state index < -0.39 is 0 Å². The zero-order valence-electron chi connectivity index (χ0n) is 9.59. The Labute approximate surface area is 91.9 Å². The number of nitrogens with one attached hydrogen (secondary N) is 1. The van der Waals surface area contributed by atoms with Crippen LogP contribution in [0.1, 0.15) is 36.9 Å². The first-order valence-electron chi connectivity index (χ1n) is 5.76. The molecular formula is C13H20N2. The summed E-state index contributed by atoms with van der Waals surface area (Å²) >= 11 is 0. The number of hydrogen-bond donors (Lipinski definition) is 2. The van der Waals surface area contributed by atoms with Crippen LogP contribution in [0.2, 0.25) is 0 Å². The third kappa shape index (κ3) is 2.32. The minimum Gasteiger partial charge on any atom is -0.399 e. The monoisotopic (exact) mass is 204 g/mol. The molecule has 1 aliphatic rings. The van der Waals surface area contributed by atoms with Gasteiger partial charge in [-0.05, 0) is 55.5 Å². The van der Waals surface area contributed by atoms with Gasteiger partial charge in [0, 0.05) is 11.7 Å². The van der Waals surface area contributed by atoms with Crippen LogP contribution in [-0.4, -0.2) is 6.54 Å². The van der Waals surface area contributed by atoms with Gasteiger partial charge in [0.05, 0.1) is 0 Å². The first kappa shape index (κ1) is 10.5. The summed E-state index contributed by atoms with van der Waals surface area (Å²) in [6.45, 7) is 5.59. The molecule has 2 nitrogen and oxygen atoms in total. The lowest BCUT2D eigenvalue weighted by Gasteiger charge is -2.29. The zero-order valence-corrected chi connectivity index (χ0v) is 9.59. The van der Waals surface area contributed by atoms with Gasteiger partial charge in [-0.2, -0.15) is 0 Å². The lowest BCUT2D eigenvalue weighted by Crippen LogP contribution is -2.32. The SMILES string of the molecule is Cc1ccc(N)cc1C1CCC(C)CN1. The Balaban J connectivity index is 2.18. The predicted octanol–water partition coefficient (Wildman–Crippen LogP) is 2.64. The molecule has 1 fully saturated rings. The Hall–Kier alpha value is -1.02. The lowest BCUT2D eigenvalue weighted by molar-refractivity contribution is 0.332. The van der Waals surface area contributed by atoms with Gasteiger partial charge < -0.3 is 11.1 Å². The number of aryl methyl sites for hydroxylation is 1. The second-order valence-corrected chi connectivity index (χ2v) is 4.76. The summed E-state index contributed by atoms with van der Waals surface area (Å²) in [6.07, 6.45) is 2.54. The van der Waals surface area contributed by atoms with Crippen molar-refractivity contribution in [3.63, 3.8) is 0 Å². The van der Waals surface area contributed by atoms with Crippen LogP contribution in [0, 0.1) is 12.8 Å². The Morgan fingerprint density at radius 3 is 2.80 bits per heavy atom. The van der Waals surface area contributed by atoms with Crippen LogP contribution in [0.4, 0.5) is 5.69 Å². The van der Waals surface area contributed by atoms with Gasteiger partial charge in [0.1, 0.15) is 0 Å². The Morgan fingerprint density at radius 1 is 1.33 bits per heavy atom. The highest BCUT2D eigenvalue weighted by atomic mass is 14.9. The molecule has 0 spiro atoms. The number of nitrogens with two attached hydrogens (primary N) is 1. The highest BCUT2D eigenvalue weighted by Gasteiger charge is 2.20. The molecule has 0 aromatic heterocycles. The molecule has 82 valence electrons. The van der Waals surface area contributed by atoms with Gasteiger partial charge in [0.2, 0.25) is 0 Å². The molecule has 0 aliphatic carbocycles. The van der Waals surface area contributed by atoms with Crippen LogP contribution in [0.5, 0.6) is 0 Å². The number of anilines is 1.